The van der Waals surface area contributed by atoms with E-state index in [1.54, 1.807) is 36.7 Å². The van der Waals surface area contributed by atoms with E-state index in [2.05, 4.69) is 20.3 Å². The first-order valence-electron chi connectivity index (χ1n) is 8.11. The van der Waals surface area contributed by atoms with E-state index in [1.807, 2.05) is 24.1 Å². The largest absolute Gasteiger partial charge is 0.344 e. The number of nitrogens with zero attached hydrogens (tertiary/aromatic N) is 4. The van der Waals surface area contributed by atoms with Crippen LogP contribution in [0.4, 0.5) is 11.6 Å². The molecule has 0 aliphatic rings. The molecular formula is C19H18ClN5O. The van der Waals surface area contributed by atoms with Crippen LogP contribution < -0.4 is 10.2 Å². The maximum absolute atomic E-state index is 12.3. The first kappa shape index (κ1) is 17.8. The second kappa shape index (κ2) is 8.40. The smallest absolute Gasteiger partial charge is 0.258 e. The first-order valence-corrected chi connectivity index (χ1v) is 8.49. The molecule has 0 saturated heterocycles. The highest BCUT2D eigenvalue weighted by Crippen LogP contribution is 2.21. The van der Waals surface area contributed by atoms with Crippen molar-refractivity contribution >= 4 is 29.1 Å². The predicted molar refractivity (Wildman–Crippen MR) is 103 cm³/mol. The average Bonchev–Trinajstić information content (AvgIpc) is 2.69. The summed E-state index contributed by atoms with van der Waals surface area (Å²) in [6.45, 7) is 0.759. The van der Waals surface area contributed by atoms with Crippen molar-refractivity contribution in [2.75, 3.05) is 23.8 Å². The minimum atomic E-state index is -0.302. The minimum absolute atomic E-state index is 0.302. The van der Waals surface area contributed by atoms with Crippen LogP contribution in [0.1, 0.15) is 15.9 Å². The Morgan fingerprint density at radius 1 is 1.12 bits per heavy atom. The van der Waals surface area contributed by atoms with Crippen molar-refractivity contribution in [3.8, 4) is 0 Å². The number of amides is 1. The van der Waals surface area contributed by atoms with E-state index in [-0.39, 0.29) is 5.91 Å². The number of hydrogen-bond donors (Lipinski definition) is 1. The summed E-state index contributed by atoms with van der Waals surface area (Å²) in [6.07, 6.45) is 7.43. The van der Waals surface area contributed by atoms with Gasteiger partial charge in [-0.3, -0.25) is 9.78 Å². The highest BCUT2D eigenvalue weighted by molar-refractivity contribution is 6.33. The van der Waals surface area contributed by atoms with Crippen LogP contribution in [0.2, 0.25) is 5.02 Å². The zero-order valence-electron chi connectivity index (χ0n) is 14.3. The molecule has 2 heterocycles. The number of benzene rings is 1. The van der Waals surface area contributed by atoms with E-state index in [1.165, 1.54) is 18.0 Å². The molecule has 3 aromatic rings. The summed E-state index contributed by atoms with van der Waals surface area (Å²) in [5.41, 5.74) is 2.12. The molecule has 1 N–H and O–H groups in total. The van der Waals surface area contributed by atoms with Crippen LogP contribution in [-0.2, 0) is 6.42 Å². The number of rotatable bonds is 6. The number of nitrogens with one attached hydrogen (secondary N) is 1. The summed E-state index contributed by atoms with van der Waals surface area (Å²) < 4.78 is 0. The zero-order chi connectivity index (χ0) is 18.4. The lowest BCUT2D eigenvalue weighted by Gasteiger charge is -2.17. The molecule has 0 spiro atoms. The molecule has 0 aliphatic heterocycles. The third kappa shape index (κ3) is 4.55. The third-order valence-corrected chi connectivity index (χ3v) is 4.18. The Bertz CT molecular complexity index is 871. The number of halogens is 1. The van der Waals surface area contributed by atoms with Gasteiger partial charge in [-0.2, -0.15) is 0 Å². The number of carbonyl (C=O) groups excluding carboxylic acids is 1. The lowest BCUT2D eigenvalue weighted by molar-refractivity contribution is 0.102. The lowest BCUT2D eigenvalue weighted by Crippen LogP contribution is -2.23. The van der Waals surface area contributed by atoms with E-state index in [4.69, 9.17) is 11.6 Å². The van der Waals surface area contributed by atoms with E-state index in [9.17, 15) is 4.79 Å². The molecule has 0 aliphatic carbocycles. The van der Waals surface area contributed by atoms with Gasteiger partial charge in [-0.15, -0.1) is 0 Å². The van der Waals surface area contributed by atoms with Crippen molar-refractivity contribution in [1.82, 2.24) is 15.0 Å². The molecule has 0 atom stereocenters. The fraction of sp³-hybridized carbons (Fsp3) is 0.158. The fourth-order valence-electron chi connectivity index (χ4n) is 2.34. The van der Waals surface area contributed by atoms with E-state index in [0.717, 1.165) is 13.0 Å². The SMILES string of the molecule is CN(CCc1ccncc1)c1ncc(C(=O)Nc2ccccc2Cl)cn1. The van der Waals surface area contributed by atoms with Crippen LogP contribution >= 0.6 is 11.6 Å². The third-order valence-electron chi connectivity index (χ3n) is 3.85. The van der Waals surface area contributed by atoms with Crippen molar-refractivity contribution in [1.29, 1.82) is 0 Å². The Hall–Kier alpha value is -2.99. The molecule has 1 aromatic carbocycles. The molecule has 0 bridgehead atoms. The van der Waals surface area contributed by atoms with Crippen LogP contribution in [0, 0.1) is 0 Å². The van der Waals surface area contributed by atoms with E-state index in [0.29, 0.717) is 22.2 Å². The van der Waals surface area contributed by atoms with Gasteiger partial charge in [0, 0.05) is 38.4 Å². The summed E-state index contributed by atoms with van der Waals surface area (Å²) >= 11 is 6.05. The summed E-state index contributed by atoms with van der Waals surface area (Å²) in [4.78, 5) is 26.8. The number of anilines is 2. The van der Waals surface area contributed by atoms with Crippen molar-refractivity contribution < 1.29 is 4.79 Å². The highest BCUT2D eigenvalue weighted by atomic mass is 35.5. The molecule has 0 radical (unpaired) electrons. The van der Waals surface area contributed by atoms with E-state index < -0.39 is 0 Å². The Morgan fingerprint density at radius 3 is 2.50 bits per heavy atom. The van der Waals surface area contributed by atoms with Gasteiger partial charge in [0.15, 0.2) is 0 Å². The number of para-hydroxylation sites is 1. The van der Waals surface area contributed by atoms with Gasteiger partial charge < -0.3 is 10.2 Å². The Balaban J connectivity index is 1.60. The molecule has 0 fully saturated rings. The monoisotopic (exact) mass is 367 g/mol. The molecule has 132 valence electrons. The van der Waals surface area contributed by atoms with Crippen LogP contribution in [0.5, 0.6) is 0 Å². The van der Waals surface area contributed by atoms with Gasteiger partial charge in [0.1, 0.15) is 0 Å². The Morgan fingerprint density at radius 2 is 1.81 bits per heavy atom. The summed E-state index contributed by atoms with van der Waals surface area (Å²) in [5, 5.41) is 3.23. The molecule has 0 saturated carbocycles. The summed E-state index contributed by atoms with van der Waals surface area (Å²) in [5.74, 6) is 0.262. The fourth-order valence-corrected chi connectivity index (χ4v) is 2.52. The normalized spacial score (nSPS) is 10.4. The van der Waals surface area contributed by atoms with Crippen molar-refractivity contribution in [2.45, 2.75) is 6.42 Å². The van der Waals surface area contributed by atoms with Crippen molar-refractivity contribution in [3.63, 3.8) is 0 Å². The minimum Gasteiger partial charge on any atom is -0.344 e. The van der Waals surface area contributed by atoms with Gasteiger partial charge in [-0.1, -0.05) is 23.7 Å². The molecule has 7 heteroatoms. The second-order valence-corrected chi connectivity index (χ2v) is 6.14. The predicted octanol–water partition coefficient (Wildman–Crippen LogP) is 3.46. The number of aromatic nitrogens is 3. The van der Waals surface area contributed by atoms with Gasteiger partial charge in [-0.05, 0) is 36.2 Å². The van der Waals surface area contributed by atoms with Crippen LogP contribution in [-0.4, -0.2) is 34.5 Å². The summed E-state index contributed by atoms with van der Waals surface area (Å²) in [6, 6.07) is 11.0. The molecule has 26 heavy (non-hydrogen) atoms. The number of pyridine rings is 1. The zero-order valence-corrected chi connectivity index (χ0v) is 15.0. The molecule has 6 nitrogen and oxygen atoms in total. The summed E-state index contributed by atoms with van der Waals surface area (Å²) in [7, 11) is 1.92. The van der Waals surface area contributed by atoms with Crippen LogP contribution in [0.15, 0.2) is 61.2 Å². The average molecular weight is 368 g/mol. The van der Waals surface area contributed by atoms with Crippen molar-refractivity contribution in [3.05, 3.63) is 77.3 Å². The van der Waals surface area contributed by atoms with Gasteiger partial charge >= 0.3 is 0 Å². The molecule has 0 unspecified atom stereocenters. The van der Waals surface area contributed by atoms with Crippen LogP contribution in [0.3, 0.4) is 0 Å². The first-order chi connectivity index (χ1) is 12.6. The lowest BCUT2D eigenvalue weighted by atomic mass is 10.2. The number of carbonyl (C=O) groups is 1. The molecule has 2 aromatic heterocycles. The Labute approximate surface area is 156 Å². The van der Waals surface area contributed by atoms with Crippen molar-refractivity contribution in [2.24, 2.45) is 0 Å². The van der Waals surface area contributed by atoms with Crippen LogP contribution in [0.25, 0.3) is 0 Å². The maximum atomic E-state index is 12.3. The number of hydrogen-bond acceptors (Lipinski definition) is 5. The topological polar surface area (TPSA) is 71.0 Å². The van der Waals surface area contributed by atoms with Gasteiger partial charge in [0.05, 0.1) is 16.3 Å². The van der Waals surface area contributed by atoms with Gasteiger partial charge in [0.2, 0.25) is 5.95 Å². The second-order valence-electron chi connectivity index (χ2n) is 5.73. The van der Waals surface area contributed by atoms with Gasteiger partial charge in [-0.25, -0.2) is 9.97 Å². The van der Waals surface area contributed by atoms with E-state index >= 15 is 0 Å². The van der Waals surface area contributed by atoms with Gasteiger partial charge in [0.25, 0.3) is 5.91 Å². The maximum Gasteiger partial charge on any atom is 0.258 e. The number of likely N-dealkylation sites (N-methyl/N-ethyl adjacent to an activating group) is 1. The highest BCUT2D eigenvalue weighted by Gasteiger charge is 2.11. The molecule has 1 amide bonds. The standard InChI is InChI=1S/C19H18ClN5O/c1-25(11-8-14-6-9-21-10-7-14)19-22-12-15(13-23-19)18(26)24-17-5-3-2-4-16(17)20/h2-7,9-10,12-13H,8,11H2,1H3,(H,24,26). The molecular weight excluding hydrogens is 350 g/mol. The Kier molecular flexibility index (Phi) is 5.76. The quantitative estimate of drug-likeness (QED) is 0.722. The molecule has 3 rings (SSSR count).